The largest absolute Gasteiger partial charge is 0.492 e. The standard InChI is InChI=1S/C18H18ClN5O3/c19-13-2-1-3-14(9-13)27-7-6-22-18(26)15-11-24(23-17(15)20)10-12-4-5-21-16(25)8-12/h1-5,8-9,11H,6-7,10H2,(H2,20,23)(H,21,25)(H,22,26). The van der Waals surface area contributed by atoms with Gasteiger partial charge in [-0.1, -0.05) is 17.7 Å². The Balaban J connectivity index is 1.54. The predicted molar refractivity (Wildman–Crippen MR) is 102 cm³/mol. The predicted octanol–water partition coefficient (Wildman–Crippen LogP) is 1.66. The van der Waals surface area contributed by atoms with Crippen molar-refractivity contribution in [3.63, 3.8) is 0 Å². The number of ether oxygens (including phenoxy) is 1. The molecule has 0 unspecified atom stereocenters. The Morgan fingerprint density at radius 1 is 1.33 bits per heavy atom. The number of halogens is 1. The van der Waals surface area contributed by atoms with E-state index in [1.54, 1.807) is 42.7 Å². The number of pyridine rings is 1. The van der Waals surface area contributed by atoms with Gasteiger partial charge < -0.3 is 20.8 Å². The summed E-state index contributed by atoms with van der Waals surface area (Å²) in [5.74, 6) is 0.398. The number of hydrogen-bond acceptors (Lipinski definition) is 5. The number of aromatic amines is 1. The van der Waals surface area contributed by atoms with E-state index in [4.69, 9.17) is 22.1 Å². The van der Waals surface area contributed by atoms with Crippen LogP contribution in [0.4, 0.5) is 5.82 Å². The number of benzene rings is 1. The molecule has 0 saturated heterocycles. The van der Waals surface area contributed by atoms with E-state index in [0.717, 1.165) is 5.56 Å². The lowest BCUT2D eigenvalue weighted by molar-refractivity contribution is 0.0947. The zero-order valence-corrected chi connectivity index (χ0v) is 15.1. The second kappa shape index (κ2) is 8.41. The molecule has 9 heteroatoms. The fraction of sp³-hybridized carbons (Fsp3) is 0.167. The number of nitrogens with zero attached hydrogens (tertiary/aromatic N) is 2. The van der Waals surface area contributed by atoms with E-state index in [1.807, 2.05) is 0 Å². The fourth-order valence-corrected chi connectivity index (χ4v) is 2.63. The number of nitrogens with one attached hydrogen (secondary N) is 2. The fourth-order valence-electron chi connectivity index (χ4n) is 2.45. The van der Waals surface area contributed by atoms with E-state index < -0.39 is 0 Å². The van der Waals surface area contributed by atoms with Gasteiger partial charge in [0.1, 0.15) is 17.9 Å². The third-order valence-electron chi connectivity index (χ3n) is 3.67. The molecule has 1 aromatic carbocycles. The van der Waals surface area contributed by atoms with Gasteiger partial charge in [-0.3, -0.25) is 14.3 Å². The summed E-state index contributed by atoms with van der Waals surface area (Å²) in [6.07, 6.45) is 3.10. The maximum absolute atomic E-state index is 12.3. The van der Waals surface area contributed by atoms with Crippen molar-refractivity contribution in [2.45, 2.75) is 6.54 Å². The van der Waals surface area contributed by atoms with Crippen LogP contribution in [0.15, 0.2) is 53.6 Å². The molecule has 0 bridgehead atoms. The Kier molecular flexibility index (Phi) is 5.77. The molecule has 3 aromatic rings. The van der Waals surface area contributed by atoms with Crippen LogP contribution in [0.3, 0.4) is 0 Å². The molecule has 1 amide bonds. The number of carbonyl (C=O) groups excluding carboxylic acids is 1. The molecule has 2 heterocycles. The normalized spacial score (nSPS) is 10.6. The molecule has 0 atom stereocenters. The van der Waals surface area contributed by atoms with Gasteiger partial charge in [0, 0.05) is 23.5 Å². The van der Waals surface area contributed by atoms with Gasteiger partial charge in [-0.15, -0.1) is 0 Å². The van der Waals surface area contributed by atoms with Gasteiger partial charge in [-0.05, 0) is 29.8 Å². The van der Waals surface area contributed by atoms with E-state index in [-0.39, 0.29) is 29.5 Å². The number of anilines is 1. The van der Waals surface area contributed by atoms with Gasteiger partial charge in [0.2, 0.25) is 5.56 Å². The number of amides is 1. The van der Waals surface area contributed by atoms with Crippen LogP contribution in [-0.4, -0.2) is 33.8 Å². The maximum atomic E-state index is 12.3. The summed E-state index contributed by atoms with van der Waals surface area (Å²) in [7, 11) is 0. The summed E-state index contributed by atoms with van der Waals surface area (Å²) in [6.45, 7) is 0.913. The van der Waals surface area contributed by atoms with Crippen molar-refractivity contribution in [3.8, 4) is 5.75 Å². The van der Waals surface area contributed by atoms with Gasteiger partial charge in [0.25, 0.3) is 5.91 Å². The molecule has 0 aliphatic rings. The summed E-state index contributed by atoms with van der Waals surface area (Å²) < 4.78 is 7.03. The topological polar surface area (TPSA) is 115 Å². The molecule has 2 aromatic heterocycles. The van der Waals surface area contributed by atoms with Crippen LogP contribution < -0.4 is 21.3 Å². The van der Waals surface area contributed by atoms with Gasteiger partial charge >= 0.3 is 0 Å². The molecular weight excluding hydrogens is 370 g/mol. The van der Waals surface area contributed by atoms with Gasteiger partial charge in [-0.25, -0.2) is 0 Å². The summed E-state index contributed by atoms with van der Waals surface area (Å²) >= 11 is 5.88. The van der Waals surface area contributed by atoms with Crippen molar-refractivity contribution >= 4 is 23.3 Å². The third kappa shape index (κ3) is 5.11. The van der Waals surface area contributed by atoms with E-state index >= 15 is 0 Å². The van der Waals surface area contributed by atoms with Crippen molar-refractivity contribution < 1.29 is 9.53 Å². The van der Waals surface area contributed by atoms with E-state index in [0.29, 0.717) is 23.9 Å². The van der Waals surface area contributed by atoms with Crippen LogP contribution >= 0.6 is 11.6 Å². The van der Waals surface area contributed by atoms with Crippen LogP contribution in [0, 0.1) is 0 Å². The van der Waals surface area contributed by atoms with Crippen LogP contribution in [0.5, 0.6) is 5.75 Å². The number of nitrogen functional groups attached to an aromatic ring is 1. The Morgan fingerprint density at radius 3 is 2.96 bits per heavy atom. The van der Waals surface area contributed by atoms with Crippen molar-refractivity contribution in [2.75, 3.05) is 18.9 Å². The molecule has 0 spiro atoms. The number of hydrogen-bond donors (Lipinski definition) is 3. The Hall–Kier alpha value is -3.26. The first-order valence-corrected chi connectivity index (χ1v) is 8.56. The number of carbonyl (C=O) groups is 1. The summed E-state index contributed by atoms with van der Waals surface area (Å²) in [4.78, 5) is 26.2. The number of H-pyrrole nitrogens is 1. The number of aromatic nitrogens is 3. The minimum atomic E-state index is -0.348. The molecule has 0 fully saturated rings. The first-order valence-electron chi connectivity index (χ1n) is 8.18. The lowest BCUT2D eigenvalue weighted by atomic mass is 10.2. The molecule has 140 valence electrons. The monoisotopic (exact) mass is 387 g/mol. The van der Waals surface area contributed by atoms with Crippen molar-refractivity contribution in [2.24, 2.45) is 0 Å². The number of nitrogens with two attached hydrogens (primary N) is 1. The average molecular weight is 388 g/mol. The van der Waals surface area contributed by atoms with Crippen molar-refractivity contribution in [1.82, 2.24) is 20.1 Å². The molecule has 0 saturated carbocycles. The minimum Gasteiger partial charge on any atom is -0.492 e. The minimum absolute atomic E-state index is 0.119. The Labute approximate surface area is 159 Å². The maximum Gasteiger partial charge on any atom is 0.256 e. The first-order chi connectivity index (χ1) is 13.0. The van der Waals surface area contributed by atoms with Crippen molar-refractivity contribution in [3.05, 3.63) is 75.3 Å². The van der Waals surface area contributed by atoms with Crippen LogP contribution in [0.1, 0.15) is 15.9 Å². The van der Waals surface area contributed by atoms with Crippen LogP contribution in [0.2, 0.25) is 5.02 Å². The molecular formula is C18H18ClN5O3. The summed E-state index contributed by atoms with van der Waals surface area (Å²) in [5, 5.41) is 7.42. The van der Waals surface area contributed by atoms with Crippen molar-refractivity contribution in [1.29, 1.82) is 0 Å². The molecule has 0 aliphatic carbocycles. The smallest absolute Gasteiger partial charge is 0.256 e. The molecule has 3 rings (SSSR count). The quantitative estimate of drug-likeness (QED) is 0.533. The van der Waals surface area contributed by atoms with E-state index in [9.17, 15) is 9.59 Å². The van der Waals surface area contributed by atoms with Crippen LogP contribution in [-0.2, 0) is 6.54 Å². The van der Waals surface area contributed by atoms with E-state index in [2.05, 4.69) is 15.4 Å². The highest BCUT2D eigenvalue weighted by atomic mass is 35.5. The first kappa shape index (κ1) is 18.5. The molecule has 0 aliphatic heterocycles. The molecule has 0 radical (unpaired) electrons. The highest BCUT2D eigenvalue weighted by Gasteiger charge is 2.14. The SMILES string of the molecule is Nc1nn(Cc2cc[nH]c(=O)c2)cc1C(=O)NCCOc1cccc(Cl)c1. The Morgan fingerprint density at radius 2 is 2.19 bits per heavy atom. The lowest BCUT2D eigenvalue weighted by Gasteiger charge is -2.07. The average Bonchev–Trinajstić information content (AvgIpc) is 2.99. The Bertz CT molecular complexity index is 998. The molecule has 27 heavy (non-hydrogen) atoms. The molecule has 8 nitrogen and oxygen atoms in total. The lowest BCUT2D eigenvalue weighted by Crippen LogP contribution is -2.28. The van der Waals surface area contributed by atoms with Gasteiger partial charge in [-0.2, -0.15) is 5.10 Å². The highest BCUT2D eigenvalue weighted by molar-refractivity contribution is 6.30. The van der Waals surface area contributed by atoms with Gasteiger partial charge in [0.05, 0.1) is 13.1 Å². The number of rotatable bonds is 7. The molecule has 4 N–H and O–H groups in total. The third-order valence-corrected chi connectivity index (χ3v) is 3.91. The zero-order valence-electron chi connectivity index (χ0n) is 14.3. The zero-order chi connectivity index (χ0) is 19.2. The van der Waals surface area contributed by atoms with Crippen LogP contribution in [0.25, 0.3) is 0 Å². The highest BCUT2D eigenvalue weighted by Crippen LogP contribution is 2.16. The second-order valence-electron chi connectivity index (χ2n) is 5.75. The summed E-state index contributed by atoms with van der Waals surface area (Å²) in [6, 6.07) is 10.2. The second-order valence-corrected chi connectivity index (χ2v) is 6.18. The summed E-state index contributed by atoms with van der Waals surface area (Å²) in [5.41, 5.74) is 6.65. The van der Waals surface area contributed by atoms with Gasteiger partial charge in [0.15, 0.2) is 5.82 Å². The van der Waals surface area contributed by atoms with E-state index in [1.165, 1.54) is 10.7 Å².